The van der Waals surface area contributed by atoms with Crippen LogP contribution in [0.5, 0.6) is 0 Å². The predicted octanol–water partition coefficient (Wildman–Crippen LogP) is 2.47. The molecule has 1 N–H and O–H groups in total. The predicted molar refractivity (Wildman–Crippen MR) is 65.6 cm³/mol. The second-order valence-corrected chi connectivity index (χ2v) is 3.97. The fourth-order valence-corrected chi connectivity index (χ4v) is 1.71. The van der Waals surface area contributed by atoms with Crippen molar-refractivity contribution in [2.45, 2.75) is 26.3 Å². The van der Waals surface area contributed by atoms with Crippen molar-refractivity contribution < 1.29 is 4.42 Å². The Morgan fingerprint density at radius 1 is 1.35 bits per heavy atom. The van der Waals surface area contributed by atoms with E-state index in [2.05, 4.69) is 22.2 Å². The average Bonchev–Trinajstić information content (AvgIpc) is 2.78. The largest absolute Gasteiger partial charge is 0.464 e. The van der Waals surface area contributed by atoms with E-state index in [0.29, 0.717) is 0 Å². The summed E-state index contributed by atoms with van der Waals surface area (Å²) in [5, 5.41) is 3.42. The van der Waals surface area contributed by atoms with Crippen LogP contribution in [0.15, 0.2) is 35.1 Å². The molecule has 0 radical (unpaired) electrons. The monoisotopic (exact) mass is 231 g/mol. The third-order valence-corrected chi connectivity index (χ3v) is 2.52. The summed E-state index contributed by atoms with van der Waals surface area (Å²) in [4.78, 5) is 8.43. The molecule has 0 amide bonds. The molecule has 2 aromatic heterocycles. The van der Waals surface area contributed by atoms with E-state index in [1.165, 1.54) is 0 Å². The van der Waals surface area contributed by atoms with Crippen molar-refractivity contribution in [1.82, 2.24) is 15.3 Å². The van der Waals surface area contributed by atoms with Gasteiger partial charge in [-0.25, -0.2) is 0 Å². The molecule has 90 valence electrons. The van der Waals surface area contributed by atoms with Crippen molar-refractivity contribution in [3.63, 3.8) is 0 Å². The minimum Gasteiger partial charge on any atom is -0.464 e. The normalized spacial score (nSPS) is 12.6. The van der Waals surface area contributed by atoms with Crippen molar-refractivity contribution in [3.8, 4) is 0 Å². The van der Waals surface area contributed by atoms with Gasteiger partial charge >= 0.3 is 0 Å². The summed E-state index contributed by atoms with van der Waals surface area (Å²) < 4.78 is 5.67. The van der Waals surface area contributed by atoms with Gasteiger partial charge in [0.15, 0.2) is 0 Å². The molecule has 2 heterocycles. The molecule has 17 heavy (non-hydrogen) atoms. The van der Waals surface area contributed by atoms with E-state index in [4.69, 9.17) is 4.42 Å². The second-order valence-electron chi connectivity index (χ2n) is 3.97. The van der Waals surface area contributed by atoms with Gasteiger partial charge in [-0.3, -0.25) is 9.97 Å². The maximum atomic E-state index is 5.67. The van der Waals surface area contributed by atoms with Crippen LogP contribution >= 0.6 is 0 Å². The van der Waals surface area contributed by atoms with Crippen LogP contribution in [-0.2, 0) is 0 Å². The van der Waals surface area contributed by atoms with Crippen LogP contribution in [0.4, 0.5) is 0 Å². The first-order chi connectivity index (χ1) is 8.31. The Hall–Kier alpha value is -1.68. The van der Waals surface area contributed by atoms with Gasteiger partial charge in [-0.15, -0.1) is 0 Å². The summed E-state index contributed by atoms with van der Waals surface area (Å²) in [6.45, 7) is 4.99. The Morgan fingerprint density at radius 3 is 2.82 bits per heavy atom. The number of rotatable bonds is 5. The first-order valence-corrected chi connectivity index (χ1v) is 5.87. The highest BCUT2D eigenvalue weighted by Crippen LogP contribution is 2.21. The molecule has 4 heteroatoms. The van der Waals surface area contributed by atoms with Gasteiger partial charge in [0.1, 0.15) is 17.6 Å². The van der Waals surface area contributed by atoms with E-state index >= 15 is 0 Å². The molecule has 1 atom stereocenters. The summed E-state index contributed by atoms with van der Waals surface area (Å²) in [5.74, 6) is 1.80. The Labute approximate surface area is 101 Å². The third-order valence-electron chi connectivity index (χ3n) is 2.52. The van der Waals surface area contributed by atoms with Crippen molar-refractivity contribution >= 4 is 0 Å². The zero-order valence-electron chi connectivity index (χ0n) is 10.2. The lowest BCUT2D eigenvalue weighted by molar-refractivity contribution is 0.425. The van der Waals surface area contributed by atoms with Crippen LogP contribution < -0.4 is 5.32 Å². The Bertz CT molecular complexity index is 453. The maximum absolute atomic E-state index is 5.67. The molecule has 0 bridgehead atoms. The fourth-order valence-electron chi connectivity index (χ4n) is 1.71. The van der Waals surface area contributed by atoms with Crippen LogP contribution in [0, 0.1) is 6.92 Å². The van der Waals surface area contributed by atoms with E-state index < -0.39 is 0 Å². The van der Waals surface area contributed by atoms with Crippen LogP contribution in [0.1, 0.15) is 36.6 Å². The van der Waals surface area contributed by atoms with Crippen LogP contribution in [0.3, 0.4) is 0 Å². The van der Waals surface area contributed by atoms with Crippen LogP contribution in [0.25, 0.3) is 0 Å². The first-order valence-electron chi connectivity index (χ1n) is 5.87. The topological polar surface area (TPSA) is 51.0 Å². The van der Waals surface area contributed by atoms with Crippen LogP contribution in [0.2, 0.25) is 0 Å². The summed E-state index contributed by atoms with van der Waals surface area (Å²) in [6.07, 6.45) is 6.21. The lowest BCUT2D eigenvalue weighted by Gasteiger charge is -2.15. The lowest BCUT2D eigenvalue weighted by atomic mass is 10.1. The first kappa shape index (κ1) is 11.8. The fraction of sp³-hybridized carbons (Fsp3) is 0.385. The summed E-state index contributed by atoms with van der Waals surface area (Å²) in [5.41, 5.74) is 0.885. The highest BCUT2D eigenvalue weighted by Gasteiger charge is 2.17. The standard InChI is InChI=1S/C13H17N3O/c1-3-6-16-13(11-9-14-7-8-15-11)12-5-4-10(2)17-12/h4-5,7-9,13,16H,3,6H2,1-2H3. The number of nitrogens with one attached hydrogen (secondary N) is 1. The molecule has 2 rings (SSSR count). The molecule has 0 aliphatic rings. The minimum atomic E-state index is -0.0163. The van der Waals surface area contributed by atoms with Gasteiger partial charge in [-0.2, -0.15) is 0 Å². The Kier molecular flexibility index (Phi) is 3.88. The van der Waals surface area contributed by atoms with E-state index in [0.717, 1.165) is 30.2 Å². The number of hydrogen-bond acceptors (Lipinski definition) is 4. The van der Waals surface area contributed by atoms with Gasteiger partial charge in [0, 0.05) is 12.4 Å². The maximum Gasteiger partial charge on any atom is 0.127 e. The van der Waals surface area contributed by atoms with E-state index in [1.807, 2.05) is 19.1 Å². The smallest absolute Gasteiger partial charge is 0.127 e. The minimum absolute atomic E-state index is 0.0163. The molecular weight excluding hydrogens is 214 g/mol. The van der Waals surface area contributed by atoms with Gasteiger partial charge in [-0.1, -0.05) is 6.92 Å². The zero-order chi connectivity index (χ0) is 12.1. The average molecular weight is 231 g/mol. The van der Waals surface area contributed by atoms with E-state index in [9.17, 15) is 0 Å². The highest BCUT2D eigenvalue weighted by atomic mass is 16.3. The number of furan rings is 1. The molecule has 0 saturated heterocycles. The lowest BCUT2D eigenvalue weighted by Crippen LogP contribution is -2.23. The van der Waals surface area contributed by atoms with Gasteiger partial charge in [0.05, 0.1) is 11.9 Å². The molecule has 4 nitrogen and oxygen atoms in total. The number of hydrogen-bond donors (Lipinski definition) is 1. The van der Waals surface area contributed by atoms with Crippen LogP contribution in [-0.4, -0.2) is 16.5 Å². The molecule has 1 unspecified atom stereocenters. The molecule has 0 aromatic carbocycles. The molecule has 0 aliphatic heterocycles. The van der Waals surface area contributed by atoms with E-state index in [-0.39, 0.29) is 6.04 Å². The highest BCUT2D eigenvalue weighted by molar-refractivity contribution is 5.19. The van der Waals surface area contributed by atoms with Gasteiger partial charge in [-0.05, 0) is 32.0 Å². The quantitative estimate of drug-likeness (QED) is 0.858. The van der Waals surface area contributed by atoms with Gasteiger partial charge in [0.25, 0.3) is 0 Å². The summed E-state index contributed by atoms with van der Waals surface area (Å²) in [7, 11) is 0. The van der Waals surface area contributed by atoms with Crippen molar-refractivity contribution in [3.05, 3.63) is 47.9 Å². The summed E-state index contributed by atoms with van der Waals surface area (Å²) >= 11 is 0. The van der Waals surface area contributed by atoms with Gasteiger partial charge in [0.2, 0.25) is 0 Å². The van der Waals surface area contributed by atoms with E-state index in [1.54, 1.807) is 18.6 Å². The third kappa shape index (κ3) is 2.91. The summed E-state index contributed by atoms with van der Waals surface area (Å²) in [6, 6.07) is 3.93. The number of aryl methyl sites for hydroxylation is 1. The molecule has 0 spiro atoms. The van der Waals surface area contributed by atoms with Crippen molar-refractivity contribution in [2.24, 2.45) is 0 Å². The molecule has 2 aromatic rings. The van der Waals surface area contributed by atoms with Gasteiger partial charge < -0.3 is 9.73 Å². The molecule has 0 aliphatic carbocycles. The molecular formula is C13H17N3O. The second kappa shape index (κ2) is 5.59. The molecule has 0 saturated carbocycles. The number of aromatic nitrogens is 2. The SMILES string of the molecule is CCCNC(c1cnccn1)c1ccc(C)o1. The Morgan fingerprint density at radius 2 is 2.24 bits per heavy atom. The number of nitrogens with zero attached hydrogens (tertiary/aromatic N) is 2. The zero-order valence-corrected chi connectivity index (χ0v) is 10.2. The van der Waals surface area contributed by atoms with Crippen molar-refractivity contribution in [1.29, 1.82) is 0 Å². The molecule has 0 fully saturated rings. The Balaban J connectivity index is 2.25. The van der Waals surface area contributed by atoms with Crippen molar-refractivity contribution in [2.75, 3.05) is 6.54 Å².